The molecule has 2 heterocycles. The molecule has 7 heteroatoms. The lowest BCUT2D eigenvalue weighted by molar-refractivity contribution is -0.123. The lowest BCUT2D eigenvalue weighted by Gasteiger charge is -2.42. The second kappa shape index (κ2) is 9.26. The minimum Gasteiger partial charge on any atom is -0.391 e. The molecule has 2 aromatic rings. The molecule has 1 saturated heterocycles. The Morgan fingerprint density at radius 2 is 1.76 bits per heavy atom. The molecule has 1 aliphatic carbocycles. The van der Waals surface area contributed by atoms with E-state index in [9.17, 15) is 14.7 Å². The van der Waals surface area contributed by atoms with Gasteiger partial charge in [0.05, 0.1) is 35.4 Å². The van der Waals surface area contributed by atoms with E-state index in [2.05, 4.69) is 23.6 Å². The number of para-hydroxylation sites is 1. The third kappa shape index (κ3) is 3.92. The van der Waals surface area contributed by atoms with Crippen LogP contribution in [0.1, 0.15) is 24.8 Å². The van der Waals surface area contributed by atoms with Gasteiger partial charge in [0.2, 0.25) is 5.91 Å². The molecule has 5 unspecified atom stereocenters. The van der Waals surface area contributed by atoms with Crippen LogP contribution in [0.2, 0.25) is 0 Å². The van der Waals surface area contributed by atoms with Crippen LogP contribution in [0.4, 0.5) is 11.4 Å². The molecule has 5 rings (SSSR count). The third-order valence-electron chi connectivity index (χ3n) is 6.88. The summed E-state index contributed by atoms with van der Waals surface area (Å²) in [5.41, 5.74) is 5.02. The van der Waals surface area contributed by atoms with Gasteiger partial charge < -0.3 is 10.5 Å². The van der Waals surface area contributed by atoms with Crippen LogP contribution in [0, 0.1) is 23.2 Å². The fourth-order valence-corrected chi connectivity index (χ4v) is 5.10. The van der Waals surface area contributed by atoms with E-state index in [0.717, 1.165) is 19.3 Å². The Bertz CT molecular complexity index is 1170. The molecule has 2 aromatic carbocycles. The number of aliphatic hydroxyl groups is 1. The first kappa shape index (κ1) is 22.1. The van der Waals surface area contributed by atoms with Gasteiger partial charge in [0.25, 0.3) is 5.91 Å². The smallest absolute Gasteiger partial charge is 0.254 e. The van der Waals surface area contributed by atoms with Gasteiger partial charge in [0.1, 0.15) is 6.04 Å². The summed E-state index contributed by atoms with van der Waals surface area (Å²) in [5.74, 6) is -1.21. The number of nitrogens with zero attached hydrogens (tertiary/aromatic N) is 3. The molecule has 172 valence electrons. The van der Waals surface area contributed by atoms with Gasteiger partial charge in [0, 0.05) is 5.69 Å². The van der Waals surface area contributed by atoms with Crippen molar-refractivity contribution in [1.82, 2.24) is 5.01 Å². The SMILES string of the molecule is N#Cc1ccc(NN2C(C(O)C3CC=CCC3)C=CC3C(=O)N(c4ccccc4)C(=O)C32)cc1. The minimum atomic E-state index is -0.799. The fourth-order valence-electron chi connectivity index (χ4n) is 5.10. The highest BCUT2D eigenvalue weighted by atomic mass is 16.3. The maximum absolute atomic E-state index is 13.6. The first-order chi connectivity index (χ1) is 16.6. The summed E-state index contributed by atoms with van der Waals surface area (Å²) < 4.78 is 0. The van der Waals surface area contributed by atoms with Crippen molar-refractivity contribution in [2.24, 2.45) is 11.8 Å². The quantitative estimate of drug-likeness (QED) is 0.531. The summed E-state index contributed by atoms with van der Waals surface area (Å²) in [6.07, 6.45) is 9.66. The zero-order chi connectivity index (χ0) is 23.7. The van der Waals surface area contributed by atoms with Crippen molar-refractivity contribution in [3.63, 3.8) is 0 Å². The number of aliphatic hydroxyl groups excluding tert-OH is 1. The van der Waals surface area contributed by atoms with Gasteiger partial charge in [-0.25, -0.2) is 9.91 Å². The van der Waals surface area contributed by atoms with E-state index in [-0.39, 0.29) is 17.7 Å². The molecule has 0 radical (unpaired) electrons. The summed E-state index contributed by atoms with van der Waals surface area (Å²) >= 11 is 0. The molecule has 2 aliphatic heterocycles. The largest absolute Gasteiger partial charge is 0.391 e. The van der Waals surface area contributed by atoms with E-state index in [1.165, 1.54) is 4.90 Å². The minimum absolute atomic E-state index is 0.0545. The van der Waals surface area contributed by atoms with Crippen LogP contribution in [0.25, 0.3) is 0 Å². The number of anilines is 2. The predicted octanol–water partition coefficient (Wildman–Crippen LogP) is 3.40. The van der Waals surface area contributed by atoms with Crippen LogP contribution in [0.5, 0.6) is 0 Å². The lowest BCUT2D eigenvalue weighted by atomic mass is 9.83. The van der Waals surface area contributed by atoms with Crippen molar-refractivity contribution in [2.75, 3.05) is 10.3 Å². The fraction of sp³-hybridized carbons (Fsp3) is 0.296. The number of fused-ring (bicyclic) bond motifs is 1. The summed E-state index contributed by atoms with van der Waals surface area (Å²) in [5, 5.41) is 22.2. The van der Waals surface area contributed by atoms with E-state index < -0.39 is 24.1 Å². The molecule has 2 N–H and O–H groups in total. The van der Waals surface area contributed by atoms with Crippen molar-refractivity contribution in [2.45, 2.75) is 37.5 Å². The standard InChI is InChI=1S/C27H26N4O3/c28-17-18-11-13-20(14-12-18)29-31-23(25(32)19-7-3-1-4-8-19)16-15-22-24(31)27(34)30(26(22)33)21-9-5-2-6-10-21/h1-3,5-6,9-16,19,22-25,29,32H,4,7-8H2. The van der Waals surface area contributed by atoms with E-state index in [4.69, 9.17) is 5.26 Å². The normalized spacial score (nSPS) is 27.4. The summed E-state index contributed by atoms with van der Waals surface area (Å²) in [4.78, 5) is 28.2. The number of nitrogens with one attached hydrogen (secondary N) is 1. The summed E-state index contributed by atoms with van der Waals surface area (Å²) in [7, 11) is 0. The first-order valence-electron chi connectivity index (χ1n) is 11.6. The highest BCUT2D eigenvalue weighted by molar-refractivity contribution is 6.24. The lowest BCUT2D eigenvalue weighted by Crippen LogP contribution is -2.58. The van der Waals surface area contributed by atoms with Crippen LogP contribution in [0.3, 0.4) is 0 Å². The Kier molecular flexibility index (Phi) is 6.01. The summed E-state index contributed by atoms with van der Waals surface area (Å²) in [6, 6.07) is 16.6. The Morgan fingerprint density at radius 3 is 2.44 bits per heavy atom. The van der Waals surface area contributed by atoms with Crippen LogP contribution < -0.4 is 10.3 Å². The zero-order valence-corrected chi connectivity index (χ0v) is 18.6. The number of rotatable bonds is 5. The van der Waals surface area contributed by atoms with Crippen molar-refractivity contribution >= 4 is 23.2 Å². The number of amides is 2. The van der Waals surface area contributed by atoms with Crippen molar-refractivity contribution in [1.29, 1.82) is 5.26 Å². The van der Waals surface area contributed by atoms with Crippen LogP contribution in [-0.4, -0.2) is 40.1 Å². The number of hydrogen-bond acceptors (Lipinski definition) is 6. The van der Waals surface area contributed by atoms with Gasteiger partial charge in [-0.05, 0) is 61.6 Å². The van der Waals surface area contributed by atoms with Gasteiger partial charge in [-0.1, -0.05) is 42.5 Å². The number of nitriles is 1. The average Bonchev–Trinajstić information content (AvgIpc) is 3.15. The van der Waals surface area contributed by atoms with Gasteiger partial charge in [0.15, 0.2) is 0 Å². The van der Waals surface area contributed by atoms with Gasteiger partial charge >= 0.3 is 0 Å². The van der Waals surface area contributed by atoms with Gasteiger partial charge in [-0.2, -0.15) is 5.26 Å². The Balaban J connectivity index is 1.50. The molecule has 1 fully saturated rings. The second-order valence-corrected chi connectivity index (χ2v) is 8.94. The van der Waals surface area contributed by atoms with Crippen LogP contribution >= 0.6 is 0 Å². The molecule has 34 heavy (non-hydrogen) atoms. The van der Waals surface area contributed by atoms with Crippen molar-refractivity contribution in [3.05, 3.63) is 84.5 Å². The number of imide groups is 1. The highest BCUT2D eigenvalue weighted by Gasteiger charge is 2.54. The molecule has 3 aliphatic rings. The molecule has 0 spiro atoms. The molecule has 2 amide bonds. The maximum atomic E-state index is 13.6. The molecule has 7 nitrogen and oxygen atoms in total. The molecule has 0 bridgehead atoms. The number of hydrogen-bond donors (Lipinski definition) is 2. The van der Waals surface area contributed by atoms with Crippen LogP contribution in [-0.2, 0) is 9.59 Å². The van der Waals surface area contributed by atoms with E-state index in [1.807, 2.05) is 12.1 Å². The molecule has 0 saturated carbocycles. The molecular weight excluding hydrogens is 428 g/mol. The van der Waals surface area contributed by atoms with E-state index in [0.29, 0.717) is 16.9 Å². The van der Waals surface area contributed by atoms with Crippen molar-refractivity contribution < 1.29 is 14.7 Å². The number of allylic oxidation sites excluding steroid dienone is 2. The third-order valence-corrected chi connectivity index (χ3v) is 6.88. The molecule has 5 atom stereocenters. The number of carbonyl (C=O) groups excluding carboxylic acids is 2. The first-order valence-corrected chi connectivity index (χ1v) is 11.6. The average molecular weight is 455 g/mol. The topological polar surface area (TPSA) is 96.7 Å². The summed E-state index contributed by atoms with van der Waals surface area (Å²) in [6.45, 7) is 0. The van der Waals surface area contributed by atoms with Gasteiger partial charge in [-0.15, -0.1) is 0 Å². The Morgan fingerprint density at radius 1 is 1.00 bits per heavy atom. The highest BCUT2D eigenvalue weighted by Crippen LogP contribution is 2.37. The maximum Gasteiger partial charge on any atom is 0.254 e. The van der Waals surface area contributed by atoms with E-state index >= 15 is 0 Å². The van der Waals surface area contributed by atoms with Gasteiger partial charge in [-0.3, -0.25) is 9.59 Å². The number of carbonyl (C=O) groups is 2. The number of hydrazine groups is 1. The second-order valence-electron chi connectivity index (χ2n) is 8.94. The van der Waals surface area contributed by atoms with Crippen molar-refractivity contribution in [3.8, 4) is 6.07 Å². The predicted molar refractivity (Wildman–Crippen MR) is 128 cm³/mol. The Labute approximate surface area is 198 Å². The monoisotopic (exact) mass is 454 g/mol. The van der Waals surface area contributed by atoms with E-state index in [1.54, 1.807) is 59.6 Å². The van der Waals surface area contributed by atoms with Crippen LogP contribution in [0.15, 0.2) is 78.9 Å². The molecular formula is C27H26N4O3. The zero-order valence-electron chi connectivity index (χ0n) is 18.6. The number of benzene rings is 2. The molecule has 0 aromatic heterocycles. The Hall–Kier alpha value is -3.73.